The van der Waals surface area contributed by atoms with E-state index >= 15 is 0 Å². The molecule has 0 spiro atoms. The standard InChI is InChI=1S/C11H14F2N2O2/c1-6-3-7(4-9(16)17-2)10(11(12)13)15-8(6)5-14/h3,11H,4-5,14H2,1-2H3. The maximum absolute atomic E-state index is 12.8. The van der Waals surface area contributed by atoms with Crippen molar-refractivity contribution in [1.29, 1.82) is 0 Å². The number of hydrogen-bond acceptors (Lipinski definition) is 4. The molecular formula is C11H14F2N2O2. The molecule has 6 heteroatoms. The van der Waals surface area contributed by atoms with Gasteiger partial charge in [0.25, 0.3) is 6.43 Å². The molecule has 1 aromatic rings. The molecule has 0 amide bonds. The van der Waals surface area contributed by atoms with Gasteiger partial charge in [0.05, 0.1) is 19.2 Å². The first-order valence-electron chi connectivity index (χ1n) is 5.04. The number of ether oxygens (including phenoxy) is 1. The minimum absolute atomic E-state index is 0.0874. The second-order valence-corrected chi connectivity index (χ2v) is 3.55. The molecule has 0 aromatic carbocycles. The number of alkyl halides is 2. The third-order valence-electron chi connectivity index (χ3n) is 2.39. The number of halogens is 2. The van der Waals surface area contributed by atoms with E-state index in [1.165, 1.54) is 13.2 Å². The molecule has 1 rings (SSSR count). The molecular weight excluding hydrogens is 230 g/mol. The van der Waals surface area contributed by atoms with Crippen LogP contribution in [0.4, 0.5) is 8.78 Å². The van der Waals surface area contributed by atoms with Crippen molar-refractivity contribution >= 4 is 5.97 Å². The predicted molar refractivity (Wildman–Crippen MR) is 57.5 cm³/mol. The maximum Gasteiger partial charge on any atom is 0.310 e. The molecule has 0 aliphatic heterocycles. The van der Waals surface area contributed by atoms with Crippen LogP contribution in [0.1, 0.15) is 28.9 Å². The molecule has 0 atom stereocenters. The number of aryl methyl sites for hydroxylation is 1. The van der Waals surface area contributed by atoms with Crippen molar-refractivity contribution in [2.75, 3.05) is 7.11 Å². The van der Waals surface area contributed by atoms with Crippen molar-refractivity contribution in [3.8, 4) is 0 Å². The molecule has 0 fully saturated rings. The van der Waals surface area contributed by atoms with Gasteiger partial charge >= 0.3 is 5.97 Å². The fraction of sp³-hybridized carbons (Fsp3) is 0.455. The van der Waals surface area contributed by atoms with Gasteiger partial charge in [-0.15, -0.1) is 0 Å². The van der Waals surface area contributed by atoms with Crippen LogP contribution in [-0.2, 0) is 22.5 Å². The van der Waals surface area contributed by atoms with Crippen molar-refractivity contribution in [3.63, 3.8) is 0 Å². The summed E-state index contributed by atoms with van der Waals surface area (Å²) in [6.07, 6.45) is -2.95. The number of pyridine rings is 1. The van der Waals surface area contributed by atoms with Crippen LogP contribution in [0.15, 0.2) is 6.07 Å². The Bertz CT molecular complexity index is 422. The lowest BCUT2D eigenvalue weighted by atomic mass is 10.1. The Kier molecular flexibility index (Phi) is 4.51. The molecule has 94 valence electrons. The first-order valence-corrected chi connectivity index (χ1v) is 5.04. The van der Waals surface area contributed by atoms with E-state index in [1.807, 2.05) is 0 Å². The van der Waals surface area contributed by atoms with Gasteiger partial charge in [-0.05, 0) is 18.1 Å². The summed E-state index contributed by atoms with van der Waals surface area (Å²) in [5, 5.41) is 0. The summed E-state index contributed by atoms with van der Waals surface area (Å²) in [6.45, 7) is 1.80. The first kappa shape index (κ1) is 13.5. The van der Waals surface area contributed by atoms with Crippen LogP contribution in [0.5, 0.6) is 0 Å². The summed E-state index contributed by atoms with van der Waals surface area (Å²) >= 11 is 0. The minimum Gasteiger partial charge on any atom is -0.469 e. The second-order valence-electron chi connectivity index (χ2n) is 3.55. The summed E-state index contributed by atoms with van der Waals surface area (Å²) < 4.78 is 30.0. The first-order chi connectivity index (χ1) is 7.99. The van der Waals surface area contributed by atoms with Gasteiger partial charge in [0.1, 0.15) is 5.69 Å². The summed E-state index contributed by atoms with van der Waals surface area (Å²) in [5.74, 6) is -0.575. The molecule has 0 aliphatic rings. The van der Waals surface area contributed by atoms with Crippen LogP contribution < -0.4 is 5.73 Å². The number of rotatable bonds is 4. The van der Waals surface area contributed by atoms with Crippen LogP contribution in [0.25, 0.3) is 0 Å². The van der Waals surface area contributed by atoms with Crippen LogP contribution in [0, 0.1) is 6.92 Å². The molecule has 0 unspecified atom stereocenters. The summed E-state index contributed by atoms with van der Waals surface area (Å²) in [4.78, 5) is 14.9. The molecule has 17 heavy (non-hydrogen) atoms. The van der Waals surface area contributed by atoms with Gasteiger partial charge in [-0.2, -0.15) is 0 Å². The summed E-state index contributed by atoms with van der Waals surface area (Å²) in [7, 11) is 1.21. The third-order valence-corrected chi connectivity index (χ3v) is 2.39. The second kappa shape index (κ2) is 5.67. The highest BCUT2D eigenvalue weighted by atomic mass is 19.3. The lowest BCUT2D eigenvalue weighted by Crippen LogP contribution is -2.12. The molecule has 1 aromatic heterocycles. The molecule has 2 N–H and O–H groups in total. The number of carbonyl (C=O) groups is 1. The van der Waals surface area contributed by atoms with Crippen LogP contribution in [0.3, 0.4) is 0 Å². The van der Waals surface area contributed by atoms with Gasteiger partial charge in [0, 0.05) is 6.54 Å². The van der Waals surface area contributed by atoms with E-state index in [2.05, 4.69) is 9.72 Å². The fourth-order valence-corrected chi connectivity index (χ4v) is 1.49. The number of carbonyl (C=O) groups excluding carboxylic acids is 1. The molecule has 0 saturated carbocycles. The van der Waals surface area contributed by atoms with E-state index in [4.69, 9.17) is 5.73 Å². The number of aromatic nitrogens is 1. The van der Waals surface area contributed by atoms with Gasteiger partial charge in [-0.3, -0.25) is 4.79 Å². The number of methoxy groups -OCH3 is 1. The SMILES string of the molecule is COC(=O)Cc1cc(C)c(CN)nc1C(F)F. The van der Waals surface area contributed by atoms with Gasteiger partial charge in [-0.25, -0.2) is 13.8 Å². The zero-order valence-corrected chi connectivity index (χ0v) is 9.67. The van der Waals surface area contributed by atoms with Gasteiger partial charge in [0.2, 0.25) is 0 Å². The molecule has 0 saturated heterocycles. The zero-order chi connectivity index (χ0) is 13.0. The van der Waals surface area contributed by atoms with Gasteiger partial charge < -0.3 is 10.5 Å². The number of nitrogens with zero attached hydrogens (tertiary/aromatic N) is 1. The molecule has 4 nitrogen and oxygen atoms in total. The zero-order valence-electron chi connectivity index (χ0n) is 9.67. The van der Waals surface area contributed by atoms with Gasteiger partial charge in [0.15, 0.2) is 0 Å². The predicted octanol–water partition coefficient (Wildman–Crippen LogP) is 1.50. The number of esters is 1. The van der Waals surface area contributed by atoms with Crippen molar-refractivity contribution in [3.05, 3.63) is 28.6 Å². The summed E-state index contributed by atoms with van der Waals surface area (Å²) in [6, 6.07) is 1.51. The van der Waals surface area contributed by atoms with E-state index in [0.717, 1.165) is 0 Å². The van der Waals surface area contributed by atoms with E-state index < -0.39 is 18.1 Å². The van der Waals surface area contributed by atoms with Crippen LogP contribution in [-0.4, -0.2) is 18.1 Å². The number of hydrogen-bond donors (Lipinski definition) is 1. The monoisotopic (exact) mass is 244 g/mol. The smallest absolute Gasteiger partial charge is 0.310 e. The van der Waals surface area contributed by atoms with Crippen molar-refractivity contribution in [1.82, 2.24) is 4.98 Å². The van der Waals surface area contributed by atoms with E-state index in [9.17, 15) is 13.6 Å². The number of nitrogens with two attached hydrogens (primary N) is 1. The van der Waals surface area contributed by atoms with E-state index in [1.54, 1.807) is 6.92 Å². The topological polar surface area (TPSA) is 65.2 Å². The van der Waals surface area contributed by atoms with E-state index in [-0.39, 0.29) is 18.5 Å². The molecule has 0 aliphatic carbocycles. The Morgan fingerprint density at radius 2 is 2.24 bits per heavy atom. The van der Waals surface area contributed by atoms with Crippen molar-refractivity contribution in [2.24, 2.45) is 5.73 Å². The Morgan fingerprint density at radius 1 is 1.59 bits per heavy atom. The Balaban J connectivity index is 3.18. The Labute approximate surface area is 97.8 Å². The highest BCUT2D eigenvalue weighted by Gasteiger charge is 2.19. The highest BCUT2D eigenvalue weighted by molar-refractivity contribution is 5.72. The van der Waals surface area contributed by atoms with Crippen LogP contribution >= 0.6 is 0 Å². The Hall–Kier alpha value is -1.56. The van der Waals surface area contributed by atoms with Crippen molar-refractivity contribution < 1.29 is 18.3 Å². The maximum atomic E-state index is 12.8. The third kappa shape index (κ3) is 3.20. The molecule has 0 bridgehead atoms. The van der Waals surface area contributed by atoms with Crippen LogP contribution in [0.2, 0.25) is 0 Å². The van der Waals surface area contributed by atoms with E-state index in [0.29, 0.717) is 11.3 Å². The lowest BCUT2D eigenvalue weighted by molar-refractivity contribution is -0.139. The summed E-state index contributed by atoms with van der Waals surface area (Å²) in [5.41, 5.74) is 6.28. The average Bonchev–Trinajstić information content (AvgIpc) is 2.28. The van der Waals surface area contributed by atoms with Gasteiger partial charge in [-0.1, -0.05) is 6.07 Å². The quantitative estimate of drug-likeness (QED) is 0.815. The Morgan fingerprint density at radius 3 is 2.71 bits per heavy atom. The highest BCUT2D eigenvalue weighted by Crippen LogP contribution is 2.23. The molecule has 0 radical (unpaired) electrons. The largest absolute Gasteiger partial charge is 0.469 e. The fourth-order valence-electron chi connectivity index (χ4n) is 1.49. The average molecular weight is 244 g/mol. The normalized spacial score (nSPS) is 10.7. The molecule has 1 heterocycles. The minimum atomic E-state index is -2.74. The lowest BCUT2D eigenvalue weighted by Gasteiger charge is -2.11. The van der Waals surface area contributed by atoms with Crippen molar-refractivity contribution in [2.45, 2.75) is 26.3 Å².